The predicted octanol–water partition coefficient (Wildman–Crippen LogP) is 2.92. The van der Waals surface area contributed by atoms with Crippen molar-refractivity contribution >= 4 is 17.1 Å². The molecule has 0 saturated carbocycles. The lowest BCUT2D eigenvalue weighted by Gasteiger charge is -2.03. The van der Waals surface area contributed by atoms with Crippen molar-refractivity contribution in [3.05, 3.63) is 45.4 Å². The van der Waals surface area contributed by atoms with Crippen molar-refractivity contribution in [1.82, 2.24) is 4.57 Å². The molecule has 0 radical (unpaired) electrons. The SMILES string of the molecule is Cc1cc(C(=O)Cn2cccc2C#N)c(C)s1. The molecule has 2 aromatic rings. The number of rotatable bonds is 3. The minimum absolute atomic E-state index is 0.0551. The second kappa shape index (κ2) is 4.56. The first kappa shape index (κ1) is 11.6. The van der Waals surface area contributed by atoms with E-state index in [-0.39, 0.29) is 12.3 Å². The molecular formula is C13H12N2OS. The summed E-state index contributed by atoms with van der Waals surface area (Å²) in [6.45, 7) is 4.17. The van der Waals surface area contributed by atoms with E-state index < -0.39 is 0 Å². The molecule has 0 aliphatic heterocycles. The fourth-order valence-corrected chi connectivity index (χ4v) is 2.74. The minimum Gasteiger partial charge on any atom is -0.332 e. The van der Waals surface area contributed by atoms with Gasteiger partial charge in [0.1, 0.15) is 11.8 Å². The van der Waals surface area contributed by atoms with Crippen LogP contribution < -0.4 is 0 Å². The van der Waals surface area contributed by atoms with E-state index in [0.717, 1.165) is 15.3 Å². The van der Waals surface area contributed by atoms with Gasteiger partial charge < -0.3 is 4.57 Å². The second-order valence-electron chi connectivity index (χ2n) is 3.88. The molecule has 86 valence electrons. The van der Waals surface area contributed by atoms with Crippen molar-refractivity contribution in [2.75, 3.05) is 0 Å². The molecule has 0 N–H and O–H groups in total. The molecule has 0 spiro atoms. The van der Waals surface area contributed by atoms with Crippen LogP contribution in [-0.4, -0.2) is 10.4 Å². The van der Waals surface area contributed by atoms with Gasteiger partial charge in [0.05, 0.1) is 6.54 Å². The molecule has 0 saturated heterocycles. The average molecular weight is 244 g/mol. The van der Waals surface area contributed by atoms with Crippen LogP contribution in [0.15, 0.2) is 24.4 Å². The number of ketones is 1. The third-order valence-electron chi connectivity index (χ3n) is 2.60. The highest BCUT2D eigenvalue weighted by Crippen LogP contribution is 2.21. The summed E-state index contributed by atoms with van der Waals surface area (Å²) in [7, 11) is 0. The van der Waals surface area contributed by atoms with Gasteiger partial charge in [-0.2, -0.15) is 5.26 Å². The summed E-state index contributed by atoms with van der Waals surface area (Å²) >= 11 is 1.63. The zero-order chi connectivity index (χ0) is 12.4. The number of nitrogens with zero attached hydrogens (tertiary/aromatic N) is 2. The molecule has 0 fully saturated rings. The Kier molecular flexibility index (Phi) is 3.12. The van der Waals surface area contributed by atoms with Crippen molar-refractivity contribution in [1.29, 1.82) is 5.26 Å². The van der Waals surface area contributed by atoms with Crippen molar-refractivity contribution in [3.63, 3.8) is 0 Å². The summed E-state index contributed by atoms with van der Waals surface area (Å²) in [5.41, 5.74) is 1.29. The molecule has 0 aromatic carbocycles. The van der Waals surface area contributed by atoms with E-state index in [0.29, 0.717) is 5.69 Å². The lowest BCUT2D eigenvalue weighted by molar-refractivity contribution is 0.0972. The van der Waals surface area contributed by atoms with Crippen LogP contribution in [0.25, 0.3) is 0 Å². The van der Waals surface area contributed by atoms with Crippen LogP contribution >= 0.6 is 11.3 Å². The first-order valence-electron chi connectivity index (χ1n) is 5.27. The average Bonchev–Trinajstić information content (AvgIpc) is 2.84. The van der Waals surface area contributed by atoms with Crippen LogP contribution in [0, 0.1) is 25.2 Å². The topological polar surface area (TPSA) is 45.8 Å². The maximum Gasteiger partial charge on any atom is 0.183 e. The molecule has 0 atom stereocenters. The number of hydrogen-bond donors (Lipinski definition) is 0. The van der Waals surface area contributed by atoms with Crippen LogP contribution in [0.5, 0.6) is 0 Å². The van der Waals surface area contributed by atoms with Crippen molar-refractivity contribution in [3.8, 4) is 6.07 Å². The summed E-state index contributed by atoms with van der Waals surface area (Å²) in [6, 6.07) is 7.46. The molecule has 0 aliphatic rings. The van der Waals surface area contributed by atoms with Crippen molar-refractivity contribution in [2.24, 2.45) is 0 Å². The van der Waals surface area contributed by atoms with E-state index in [2.05, 4.69) is 6.07 Å². The van der Waals surface area contributed by atoms with Gasteiger partial charge in [0.15, 0.2) is 5.78 Å². The molecule has 0 bridgehead atoms. The van der Waals surface area contributed by atoms with Gasteiger partial charge in [-0.05, 0) is 32.0 Å². The van der Waals surface area contributed by atoms with Gasteiger partial charge in [0, 0.05) is 21.5 Å². The lowest BCUT2D eigenvalue weighted by atomic mass is 10.1. The molecule has 2 aromatic heterocycles. The van der Waals surface area contributed by atoms with Gasteiger partial charge >= 0.3 is 0 Å². The third-order valence-corrected chi connectivity index (χ3v) is 3.57. The molecule has 0 amide bonds. The summed E-state index contributed by atoms with van der Waals surface area (Å²) in [4.78, 5) is 14.3. The molecule has 0 aliphatic carbocycles. The van der Waals surface area contributed by atoms with Gasteiger partial charge in [-0.15, -0.1) is 11.3 Å². The summed E-state index contributed by atoms with van der Waals surface area (Å²) < 4.78 is 1.68. The van der Waals surface area contributed by atoms with Crippen LogP contribution in [0.2, 0.25) is 0 Å². The van der Waals surface area contributed by atoms with Crippen molar-refractivity contribution in [2.45, 2.75) is 20.4 Å². The van der Waals surface area contributed by atoms with E-state index in [1.54, 1.807) is 34.2 Å². The Hall–Kier alpha value is -1.86. The van der Waals surface area contributed by atoms with Gasteiger partial charge in [-0.1, -0.05) is 0 Å². The largest absolute Gasteiger partial charge is 0.332 e. The number of carbonyl (C=O) groups excluding carboxylic acids is 1. The van der Waals surface area contributed by atoms with Crippen LogP contribution in [-0.2, 0) is 6.54 Å². The number of carbonyl (C=O) groups is 1. The van der Waals surface area contributed by atoms with E-state index in [1.165, 1.54) is 0 Å². The number of nitriles is 1. The zero-order valence-corrected chi connectivity index (χ0v) is 10.5. The first-order valence-corrected chi connectivity index (χ1v) is 6.09. The highest BCUT2D eigenvalue weighted by atomic mass is 32.1. The Morgan fingerprint density at radius 1 is 1.53 bits per heavy atom. The summed E-state index contributed by atoms with van der Waals surface area (Å²) in [5.74, 6) is 0.0551. The minimum atomic E-state index is 0.0551. The molecule has 17 heavy (non-hydrogen) atoms. The Bertz CT molecular complexity index is 601. The zero-order valence-electron chi connectivity index (χ0n) is 9.73. The molecule has 2 rings (SSSR count). The smallest absolute Gasteiger partial charge is 0.183 e. The number of Topliss-reactive ketones (excluding diaryl/α,β-unsaturated/α-hetero) is 1. The molecule has 3 nitrogen and oxygen atoms in total. The Morgan fingerprint density at radius 3 is 2.88 bits per heavy atom. The van der Waals surface area contributed by atoms with Gasteiger partial charge in [0.2, 0.25) is 0 Å². The molecule has 2 heterocycles. The Morgan fingerprint density at radius 2 is 2.29 bits per heavy atom. The van der Waals surface area contributed by atoms with Crippen molar-refractivity contribution < 1.29 is 4.79 Å². The standard InChI is InChI=1S/C13H12N2OS/c1-9-6-12(10(2)17-9)13(16)8-15-5-3-4-11(15)7-14/h3-6H,8H2,1-2H3. The lowest BCUT2D eigenvalue weighted by Crippen LogP contribution is -2.11. The second-order valence-corrected chi connectivity index (χ2v) is 5.34. The maximum absolute atomic E-state index is 12.1. The van der Waals surface area contributed by atoms with E-state index in [9.17, 15) is 4.79 Å². The van der Waals surface area contributed by atoms with Crippen LogP contribution in [0.1, 0.15) is 25.8 Å². The van der Waals surface area contributed by atoms with E-state index in [4.69, 9.17) is 5.26 Å². The number of aromatic nitrogens is 1. The van der Waals surface area contributed by atoms with Gasteiger partial charge in [-0.25, -0.2) is 0 Å². The molecule has 4 heteroatoms. The molecule has 0 unspecified atom stereocenters. The highest BCUT2D eigenvalue weighted by molar-refractivity contribution is 7.12. The Labute approximate surface area is 104 Å². The predicted molar refractivity (Wildman–Crippen MR) is 67.3 cm³/mol. The number of thiophene rings is 1. The first-order chi connectivity index (χ1) is 8.11. The highest BCUT2D eigenvalue weighted by Gasteiger charge is 2.13. The quantitative estimate of drug-likeness (QED) is 0.779. The normalized spacial score (nSPS) is 10.2. The fourth-order valence-electron chi connectivity index (χ4n) is 1.80. The van der Waals surface area contributed by atoms with Gasteiger partial charge in [0.25, 0.3) is 0 Å². The number of aryl methyl sites for hydroxylation is 2. The Balaban J connectivity index is 2.24. The van der Waals surface area contributed by atoms with E-state index in [1.807, 2.05) is 19.9 Å². The van der Waals surface area contributed by atoms with E-state index >= 15 is 0 Å². The third kappa shape index (κ3) is 2.29. The van der Waals surface area contributed by atoms with Crippen LogP contribution in [0.3, 0.4) is 0 Å². The van der Waals surface area contributed by atoms with Crippen LogP contribution in [0.4, 0.5) is 0 Å². The number of hydrogen-bond acceptors (Lipinski definition) is 3. The summed E-state index contributed by atoms with van der Waals surface area (Å²) in [5, 5.41) is 8.87. The monoisotopic (exact) mass is 244 g/mol. The summed E-state index contributed by atoms with van der Waals surface area (Å²) in [6.07, 6.45) is 1.75. The van der Waals surface area contributed by atoms with Gasteiger partial charge in [-0.3, -0.25) is 4.79 Å². The molecular weight excluding hydrogens is 232 g/mol. The maximum atomic E-state index is 12.1. The fraction of sp³-hybridized carbons (Fsp3) is 0.231.